The van der Waals surface area contributed by atoms with E-state index in [0.717, 1.165) is 78.2 Å². The second-order valence-corrected chi connectivity index (χ2v) is 16.6. The fraction of sp³-hybridized carbons (Fsp3) is 0.111. The van der Waals surface area contributed by atoms with E-state index < -0.39 is 0 Å². The van der Waals surface area contributed by atoms with Crippen molar-refractivity contribution >= 4 is 50.0 Å². The van der Waals surface area contributed by atoms with E-state index in [2.05, 4.69) is 207 Å². The number of anilines is 3. The molecule has 0 fully saturated rings. The van der Waals surface area contributed by atoms with Crippen LogP contribution in [0.4, 0.5) is 17.2 Å². The van der Waals surface area contributed by atoms with Gasteiger partial charge in [0.25, 0.3) is 0 Å². The van der Waals surface area contributed by atoms with Gasteiger partial charge in [-0.3, -0.25) is 4.57 Å². The van der Waals surface area contributed by atoms with E-state index in [1.54, 1.807) is 0 Å². The Morgan fingerprint density at radius 2 is 1.33 bits per heavy atom. The molecular formula is C54H41N5Pt. The van der Waals surface area contributed by atoms with Crippen molar-refractivity contribution < 1.29 is 21.1 Å². The van der Waals surface area contributed by atoms with Crippen LogP contribution in [-0.2, 0) is 31.9 Å². The van der Waals surface area contributed by atoms with Crippen molar-refractivity contribution in [1.82, 2.24) is 19.5 Å². The van der Waals surface area contributed by atoms with Gasteiger partial charge in [0.1, 0.15) is 11.6 Å². The predicted octanol–water partition coefficient (Wildman–Crippen LogP) is 13.3. The molecule has 0 saturated carbocycles. The minimum atomic E-state index is -0.277. The maximum atomic E-state index is 5.55. The van der Waals surface area contributed by atoms with Crippen molar-refractivity contribution in [2.45, 2.75) is 38.5 Å². The third-order valence-corrected chi connectivity index (χ3v) is 12.5. The molecule has 0 amide bonds. The van der Waals surface area contributed by atoms with Crippen molar-refractivity contribution in [3.8, 4) is 28.2 Å². The third kappa shape index (κ3) is 5.78. The van der Waals surface area contributed by atoms with Gasteiger partial charge in [-0.2, -0.15) is 0 Å². The van der Waals surface area contributed by atoms with Gasteiger partial charge >= 0.3 is 21.1 Å². The smallest absolute Gasteiger partial charge is 0.656 e. The Labute approximate surface area is 364 Å². The normalized spacial score (nSPS) is 13.3. The average molecular weight is 955 g/mol. The van der Waals surface area contributed by atoms with Crippen LogP contribution in [0.1, 0.15) is 49.9 Å². The molecule has 1 aliphatic heterocycles. The van der Waals surface area contributed by atoms with Gasteiger partial charge in [0.05, 0.1) is 11.0 Å². The van der Waals surface area contributed by atoms with Gasteiger partial charge in [-0.25, -0.2) is 9.97 Å². The van der Waals surface area contributed by atoms with Gasteiger partial charge in [-0.05, 0) is 75.0 Å². The summed E-state index contributed by atoms with van der Waals surface area (Å²) in [7, 11) is 0. The average Bonchev–Trinajstić information content (AvgIpc) is 3.86. The summed E-state index contributed by atoms with van der Waals surface area (Å²) in [6.07, 6.45) is 1.95. The van der Waals surface area contributed by atoms with E-state index >= 15 is 0 Å². The van der Waals surface area contributed by atoms with E-state index in [0.29, 0.717) is 0 Å². The number of nitrogens with zero attached hydrogens (tertiary/aromatic N) is 5. The molecule has 0 atom stereocenters. The Kier molecular flexibility index (Phi) is 9.00. The number of imidazole rings is 1. The molecule has 10 aromatic rings. The number of aromatic nitrogens is 4. The zero-order valence-electron chi connectivity index (χ0n) is 33.8. The summed E-state index contributed by atoms with van der Waals surface area (Å²) < 4.78 is 2.28. The first-order valence-corrected chi connectivity index (χ1v) is 20.3. The first-order valence-electron chi connectivity index (χ1n) is 20.3. The predicted molar refractivity (Wildman–Crippen MR) is 242 cm³/mol. The van der Waals surface area contributed by atoms with E-state index in [9.17, 15) is 0 Å². The van der Waals surface area contributed by atoms with Crippen LogP contribution in [0.3, 0.4) is 0 Å². The quantitative estimate of drug-likeness (QED) is 0.156. The fourth-order valence-electron chi connectivity index (χ4n) is 9.29. The standard InChI is InChI=1S/C54H41N5.Pt/c1-53(2,36-17-7-5-8-18-36)37-31-32-55-49(34-37)59-46-27-14-12-25-43(46)54(3,4)44-30-29-35(33-48(44)59)39-22-16-28-47-51(39)57-52(58(47)38-19-9-6-10-20-38)42-24-15-23-41-40-21-11-13-26-45(40)56-50(41)42;/h5-32,34H,1-4H3;/q-2;+2. The summed E-state index contributed by atoms with van der Waals surface area (Å²) in [5.41, 5.74) is 14.4. The number of hydrogen-bond acceptors (Lipinski definition) is 3. The van der Waals surface area contributed by atoms with Crippen LogP contribution in [0.5, 0.6) is 0 Å². The van der Waals surface area contributed by atoms with Crippen molar-refractivity contribution in [1.29, 1.82) is 0 Å². The summed E-state index contributed by atoms with van der Waals surface area (Å²) in [5, 5.41) is 2.27. The first kappa shape index (κ1) is 37.7. The monoisotopic (exact) mass is 954 g/mol. The minimum absolute atomic E-state index is 0. The molecule has 0 saturated heterocycles. The molecule has 1 aliphatic rings. The molecule has 3 aromatic heterocycles. The van der Waals surface area contributed by atoms with Crippen LogP contribution < -0.4 is 9.88 Å². The summed E-state index contributed by atoms with van der Waals surface area (Å²) in [6.45, 7) is 9.20. The number of benzene rings is 7. The maximum absolute atomic E-state index is 5.55. The Morgan fingerprint density at radius 3 is 2.17 bits per heavy atom. The fourth-order valence-corrected chi connectivity index (χ4v) is 9.29. The SMILES string of the molecule is CC(C)(c1ccccc1)c1ccnc(N2c3[c-]c(-c4cccc5c4nc(-c4cccc6c4[n-]c4ccccc46)n5-c4ccccc4)ccc3C(C)(C)c3ccccc32)c1.[Pt+2]. The molecule has 60 heavy (non-hydrogen) atoms. The van der Waals surface area contributed by atoms with Crippen LogP contribution >= 0.6 is 0 Å². The Hall–Kier alpha value is -6.55. The summed E-state index contributed by atoms with van der Waals surface area (Å²) in [4.78, 5) is 18.1. The zero-order chi connectivity index (χ0) is 39.9. The van der Waals surface area contributed by atoms with E-state index in [-0.39, 0.29) is 31.9 Å². The van der Waals surface area contributed by atoms with Gasteiger partial charge in [0.15, 0.2) is 0 Å². The van der Waals surface area contributed by atoms with Crippen molar-refractivity contribution in [2.75, 3.05) is 4.90 Å². The number of fused-ring (bicyclic) bond motifs is 6. The van der Waals surface area contributed by atoms with Gasteiger partial charge in [0, 0.05) is 28.6 Å². The zero-order valence-corrected chi connectivity index (χ0v) is 36.1. The molecule has 0 radical (unpaired) electrons. The van der Waals surface area contributed by atoms with Crippen LogP contribution in [0.15, 0.2) is 176 Å². The molecule has 0 bridgehead atoms. The molecule has 6 heteroatoms. The van der Waals surface area contributed by atoms with Crippen LogP contribution in [0, 0.1) is 6.07 Å². The number of hydrogen-bond donors (Lipinski definition) is 0. The molecule has 0 N–H and O–H groups in total. The van der Waals surface area contributed by atoms with Gasteiger partial charge in [0.2, 0.25) is 0 Å². The second-order valence-electron chi connectivity index (χ2n) is 16.6. The maximum Gasteiger partial charge on any atom is 2.00 e. The molecule has 292 valence electrons. The van der Waals surface area contributed by atoms with Gasteiger partial charge in [-0.15, -0.1) is 34.8 Å². The third-order valence-electron chi connectivity index (χ3n) is 12.5. The van der Waals surface area contributed by atoms with Crippen LogP contribution in [0.2, 0.25) is 0 Å². The molecule has 7 aromatic carbocycles. The van der Waals surface area contributed by atoms with Crippen molar-refractivity contribution in [3.63, 3.8) is 0 Å². The summed E-state index contributed by atoms with van der Waals surface area (Å²) in [6, 6.07) is 64.1. The minimum Gasteiger partial charge on any atom is -0.656 e. The molecule has 0 spiro atoms. The van der Waals surface area contributed by atoms with Crippen LogP contribution in [0.25, 0.3) is 61.0 Å². The van der Waals surface area contributed by atoms with E-state index in [4.69, 9.17) is 15.0 Å². The topological polar surface area (TPSA) is 48.1 Å². The number of para-hydroxylation sites is 5. The largest absolute Gasteiger partial charge is 2.00 e. The Bertz CT molecular complexity index is 3230. The molecule has 4 heterocycles. The van der Waals surface area contributed by atoms with Crippen molar-refractivity contribution in [2.24, 2.45) is 0 Å². The first-order chi connectivity index (χ1) is 28.8. The van der Waals surface area contributed by atoms with E-state index in [1.165, 1.54) is 22.3 Å². The Morgan fingerprint density at radius 1 is 0.633 bits per heavy atom. The molecular weight excluding hydrogens is 914 g/mol. The number of rotatable bonds is 6. The molecule has 0 aliphatic carbocycles. The molecule has 0 unspecified atom stereocenters. The number of pyridine rings is 1. The summed E-state index contributed by atoms with van der Waals surface area (Å²) >= 11 is 0. The van der Waals surface area contributed by atoms with Gasteiger partial charge < -0.3 is 9.88 Å². The van der Waals surface area contributed by atoms with E-state index in [1.807, 2.05) is 12.3 Å². The molecule has 11 rings (SSSR count). The summed E-state index contributed by atoms with van der Waals surface area (Å²) in [5.74, 6) is 1.71. The van der Waals surface area contributed by atoms with Crippen LogP contribution in [-0.4, -0.2) is 14.5 Å². The Balaban J connectivity index is 0.00000433. The van der Waals surface area contributed by atoms with Crippen molar-refractivity contribution in [3.05, 3.63) is 204 Å². The second kappa shape index (κ2) is 14.3. The van der Waals surface area contributed by atoms with Gasteiger partial charge in [-0.1, -0.05) is 160 Å². The molecule has 5 nitrogen and oxygen atoms in total.